The number of carbonyl (C=O) groups is 2. The Morgan fingerprint density at radius 3 is 2.56 bits per heavy atom. The van der Waals surface area contributed by atoms with Crippen LogP contribution in [0, 0.1) is 17.0 Å². The normalized spacial score (nSPS) is 15.6. The van der Waals surface area contributed by atoms with Gasteiger partial charge in [0, 0.05) is 16.1 Å². The number of aryl methyl sites for hydroxylation is 1. The van der Waals surface area contributed by atoms with Gasteiger partial charge in [0.25, 0.3) is 11.1 Å². The van der Waals surface area contributed by atoms with Crippen LogP contribution in [0.5, 0.6) is 5.75 Å². The summed E-state index contributed by atoms with van der Waals surface area (Å²) in [4.78, 5) is 36.3. The molecule has 0 aliphatic carbocycles. The molecule has 1 fully saturated rings. The molecule has 0 aromatic heterocycles. The number of imide groups is 1. The summed E-state index contributed by atoms with van der Waals surface area (Å²) in [6.07, 6.45) is 1.28. The zero-order valence-corrected chi connectivity index (χ0v) is 16.4. The van der Waals surface area contributed by atoms with E-state index < -0.39 is 27.5 Å². The number of phenols is 1. The number of aromatic hydroxyl groups is 1. The molecule has 0 spiro atoms. The molecule has 7 nitrogen and oxygen atoms in total. The monoisotopic (exact) mass is 448 g/mol. The number of nitro groups is 1. The summed E-state index contributed by atoms with van der Waals surface area (Å²) in [6, 6.07) is 10.1. The van der Waals surface area contributed by atoms with Crippen molar-refractivity contribution in [3.05, 3.63) is 72.6 Å². The van der Waals surface area contributed by atoms with Crippen LogP contribution in [-0.2, 0) is 11.3 Å². The average molecular weight is 449 g/mol. The Kier molecular flexibility index (Phi) is 5.33. The van der Waals surface area contributed by atoms with Gasteiger partial charge in [0.15, 0.2) is 0 Å². The van der Waals surface area contributed by atoms with E-state index in [4.69, 9.17) is 0 Å². The van der Waals surface area contributed by atoms with E-state index >= 15 is 0 Å². The van der Waals surface area contributed by atoms with Crippen LogP contribution in [0.4, 0.5) is 10.5 Å². The summed E-state index contributed by atoms with van der Waals surface area (Å²) in [5, 5.41) is 20.7. The number of halogens is 1. The van der Waals surface area contributed by atoms with Gasteiger partial charge in [-0.15, -0.1) is 0 Å². The zero-order valence-electron chi connectivity index (χ0n) is 14.0. The third-order valence-electron chi connectivity index (χ3n) is 3.90. The molecule has 0 unspecified atom stereocenters. The second-order valence-corrected chi connectivity index (χ2v) is 7.78. The topological polar surface area (TPSA) is 101 Å². The largest absolute Gasteiger partial charge is 0.502 e. The van der Waals surface area contributed by atoms with Crippen LogP contribution < -0.4 is 0 Å². The number of rotatable bonds is 4. The lowest BCUT2D eigenvalue weighted by molar-refractivity contribution is -0.385. The molecule has 138 valence electrons. The third kappa shape index (κ3) is 4.04. The minimum Gasteiger partial charge on any atom is -0.502 e. The molecule has 0 atom stereocenters. The highest BCUT2D eigenvalue weighted by atomic mass is 79.9. The third-order valence-corrected chi connectivity index (χ3v) is 5.27. The molecule has 3 rings (SSSR count). The highest BCUT2D eigenvalue weighted by molar-refractivity contribution is 9.10. The summed E-state index contributed by atoms with van der Waals surface area (Å²) >= 11 is 3.87. The van der Waals surface area contributed by atoms with Gasteiger partial charge in [-0.25, -0.2) is 0 Å². The molecule has 2 amide bonds. The minimum atomic E-state index is -0.722. The first kappa shape index (κ1) is 19.1. The van der Waals surface area contributed by atoms with Crippen molar-refractivity contribution in [1.29, 1.82) is 0 Å². The zero-order chi connectivity index (χ0) is 19.7. The van der Waals surface area contributed by atoms with Gasteiger partial charge in [0.1, 0.15) is 0 Å². The van der Waals surface area contributed by atoms with Crippen molar-refractivity contribution in [3.8, 4) is 5.75 Å². The molecule has 2 aromatic carbocycles. The Hall–Kier alpha value is -2.65. The number of benzene rings is 2. The van der Waals surface area contributed by atoms with Crippen molar-refractivity contribution < 1.29 is 19.6 Å². The van der Waals surface area contributed by atoms with E-state index in [0.717, 1.165) is 33.9 Å². The number of nitrogens with zero attached hydrogens (tertiary/aromatic N) is 2. The quantitative estimate of drug-likeness (QED) is 0.416. The summed E-state index contributed by atoms with van der Waals surface area (Å²) in [7, 11) is 0. The second kappa shape index (κ2) is 7.53. The van der Waals surface area contributed by atoms with Crippen molar-refractivity contribution in [2.24, 2.45) is 0 Å². The van der Waals surface area contributed by atoms with Crippen LogP contribution in [0.1, 0.15) is 16.7 Å². The molecule has 27 heavy (non-hydrogen) atoms. The fraction of sp³-hybridized carbons (Fsp3) is 0.111. The van der Waals surface area contributed by atoms with Crippen molar-refractivity contribution in [2.45, 2.75) is 13.5 Å². The molecule has 9 heteroatoms. The fourth-order valence-corrected chi connectivity index (χ4v) is 3.80. The van der Waals surface area contributed by atoms with Gasteiger partial charge in [-0.2, -0.15) is 0 Å². The summed E-state index contributed by atoms with van der Waals surface area (Å²) < 4.78 is 0.372. The van der Waals surface area contributed by atoms with Crippen LogP contribution >= 0.6 is 27.7 Å². The van der Waals surface area contributed by atoms with Gasteiger partial charge >= 0.3 is 5.69 Å². The molecule has 0 bridgehead atoms. The Bertz CT molecular complexity index is 988. The Labute approximate surface area is 167 Å². The number of amides is 2. The van der Waals surface area contributed by atoms with Crippen molar-refractivity contribution in [3.63, 3.8) is 0 Å². The van der Waals surface area contributed by atoms with E-state index in [1.54, 1.807) is 0 Å². The van der Waals surface area contributed by atoms with E-state index in [1.165, 1.54) is 12.1 Å². The van der Waals surface area contributed by atoms with E-state index in [0.29, 0.717) is 4.47 Å². The highest BCUT2D eigenvalue weighted by Gasteiger charge is 2.35. The van der Waals surface area contributed by atoms with Gasteiger partial charge in [0.05, 0.1) is 16.4 Å². The molecular weight excluding hydrogens is 436 g/mol. The Morgan fingerprint density at radius 1 is 1.26 bits per heavy atom. The molecule has 1 heterocycles. The van der Waals surface area contributed by atoms with Crippen molar-refractivity contribution in [1.82, 2.24) is 4.90 Å². The SMILES string of the molecule is Cc1ccc(CN2C(=O)S/C(=C\c3cc(Br)cc([N+](=O)[O-])c3O)C2=O)cc1. The maximum atomic E-state index is 12.6. The standard InChI is InChI=1S/C18H13BrN2O5S/c1-10-2-4-11(5-3-10)9-20-17(23)15(27-18(20)24)7-12-6-13(19)8-14(16(12)22)21(25)26/h2-8,22H,9H2,1H3/b15-7-. The van der Waals surface area contributed by atoms with Gasteiger partial charge in [0.2, 0.25) is 5.75 Å². The second-order valence-electron chi connectivity index (χ2n) is 5.87. The number of nitro benzene ring substituents is 1. The first-order valence-corrected chi connectivity index (χ1v) is 9.35. The van der Waals surface area contributed by atoms with E-state index in [1.807, 2.05) is 31.2 Å². The lowest BCUT2D eigenvalue weighted by atomic mass is 10.1. The van der Waals surface area contributed by atoms with Crippen molar-refractivity contribution >= 4 is 50.6 Å². The summed E-state index contributed by atoms with van der Waals surface area (Å²) in [6.45, 7) is 2.07. The number of hydrogen-bond acceptors (Lipinski definition) is 6. The molecule has 1 N–H and O–H groups in total. The number of phenolic OH excluding ortho intramolecular Hbond substituents is 1. The fourth-order valence-electron chi connectivity index (χ4n) is 2.51. The van der Waals surface area contributed by atoms with Crippen LogP contribution in [0.3, 0.4) is 0 Å². The molecule has 1 aliphatic heterocycles. The Morgan fingerprint density at radius 2 is 1.93 bits per heavy atom. The predicted molar refractivity (Wildman–Crippen MR) is 105 cm³/mol. The van der Waals surface area contributed by atoms with E-state index in [2.05, 4.69) is 15.9 Å². The first-order chi connectivity index (χ1) is 12.8. The van der Waals surface area contributed by atoms with Crippen LogP contribution in [0.2, 0.25) is 0 Å². The molecule has 0 saturated carbocycles. The van der Waals surface area contributed by atoms with Crippen molar-refractivity contribution in [2.75, 3.05) is 0 Å². The van der Waals surface area contributed by atoms with E-state index in [9.17, 15) is 24.8 Å². The van der Waals surface area contributed by atoms with E-state index in [-0.39, 0.29) is 17.0 Å². The molecular formula is C18H13BrN2O5S. The average Bonchev–Trinajstić information content (AvgIpc) is 2.87. The molecule has 1 aliphatic rings. The maximum Gasteiger partial charge on any atom is 0.312 e. The maximum absolute atomic E-state index is 12.6. The first-order valence-electron chi connectivity index (χ1n) is 7.74. The molecule has 1 saturated heterocycles. The Balaban J connectivity index is 1.90. The molecule has 2 aromatic rings. The minimum absolute atomic E-state index is 0.0805. The smallest absolute Gasteiger partial charge is 0.312 e. The summed E-state index contributed by atoms with van der Waals surface area (Å²) in [5.74, 6) is -1.07. The number of hydrogen-bond donors (Lipinski definition) is 1. The number of carbonyl (C=O) groups excluding carboxylic acids is 2. The van der Waals surface area contributed by atoms with Gasteiger partial charge < -0.3 is 5.11 Å². The summed E-state index contributed by atoms with van der Waals surface area (Å²) in [5.41, 5.74) is 1.47. The van der Waals surface area contributed by atoms with Gasteiger partial charge in [-0.05, 0) is 36.4 Å². The van der Waals surface area contributed by atoms with Gasteiger partial charge in [-0.3, -0.25) is 24.6 Å². The lowest BCUT2D eigenvalue weighted by Gasteiger charge is -2.12. The number of thioether (sulfide) groups is 1. The van der Waals surface area contributed by atoms with Crippen LogP contribution in [0.15, 0.2) is 45.8 Å². The predicted octanol–water partition coefficient (Wildman–Crippen LogP) is 4.61. The lowest BCUT2D eigenvalue weighted by Crippen LogP contribution is -2.27. The van der Waals surface area contributed by atoms with Gasteiger partial charge in [-0.1, -0.05) is 45.8 Å². The van der Waals surface area contributed by atoms with Crippen LogP contribution in [0.25, 0.3) is 6.08 Å². The molecule has 0 radical (unpaired) electrons. The highest BCUT2D eigenvalue weighted by Crippen LogP contribution is 2.38. The van der Waals surface area contributed by atoms with Crippen LogP contribution in [-0.4, -0.2) is 26.1 Å².